The Hall–Kier alpha value is -1.01. The average Bonchev–Trinajstić information content (AvgIpc) is 2.02. The minimum Gasteiger partial charge on any atom is -0.275 e. The van der Waals surface area contributed by atoms with Crippen molar-refractivity contribution in [3.8, 4) is 0 Å². The highest BCUT2D eigenvalue weighted by molar-refractivity contribution is 9.10. The molecule has 0 amide bonds. The largest absolute Gasteiger partial charge is 0.305 e. The maximum absolute atomic E-state index is 13.3. The molecule has 1 aromatic carbocycles. The molecule has 1 rings (SSSR count). The minimum absolute atomic E-state index is 0.0839. The predicted octanol–water partition coefficient (Wildman–Crippen LogP) is 2.88. The third kappa shape index (κ3) is 1.91. The molecule has 0 unspecified atom stereocenters. The van der Waals surface area contributed by atoms with Crippen LogP contribution >= 0.6 is 27.5 Å². The lowest BCUT2D eigenvalue weighted by atomic mass is 10.2. The maximum atomic E-state index is 13.3. The third-order valence-electron chi connectivity index (χ3n) is 1.46. The fourth-order valence-electron chi connectivity index (χ4n) is 0.863. The SMILES string of the molecule is O=C(Cl)c1c(Br)ccc([N+](=O)[O-])c1F. The van der Waals surface area contributed by atoms with Crippen LogP contribution in [0.15, 0.2) is 16.6 Å². The van der Waals surface area contributed by atoms with Gasteiger partial charge in [-0.05, 0) is 33.6 Å². The van der Waals surface area contributed by atoms with Crippen LogP contribution in [0.1, 0.15) is 10.4 Å². The number of hydrogen-bond acceptors (Lipinski definition) is 3. The van der Waals surface area contributed by atoms with E-state index in [9.17, 15) is 19.3 Å². The van der Waals surface area contributed by atoms with E-state index in [1.807, 2.05) is 0 Å². The van der Waals surface area contributed by atoms with Crippen molar-refractivity contribution in [1.82, 2.24) is 0 Å². The Morgan fingerprint density at radius 3 is 2.57 bits per heavy atom. The van der Waals surface area contributed by atoms with Crippen LogP contribution in [-0.4, -0.2) is 10.2 Å². The van der Waals surface area contributed by atoms with Gasteiger partial charge in [-0.3, -0.25) is 14.9 Å². The maximum Gasteiger partial charge on any atom is 0.305 e. The molecule has 0 aliphatic rings. The molecule has 0 radical (unpaired) electrons. The summed E-state index contributed by atoms with van der Waals surface area (Å²) in [7, 11) is 0. The van der Waals surface area contributed by atoms with Gasteiger partial charge >= 0.3 is 5.69 Å². The number of nitro groups is 1. The summed E-state index contributed by atoms with van der Waals surface area (Å²) in [5.74, 6) is -1.23. The molecule has 0 atom stereocenters. The molecule has 4 nitrogen and oxygen atoms in total. The second-order valence-electron chi connectivity index (χ2n) is 2.29. The molecule has 0 aliphatic carbocycles. The number of benzene rings is 1. The van der Waals surface area contributed by atoms with Crippen LogP contribution in [0.4, 0.5) is 10.1 Å². The van der Waals surface area contributed by atoms with Crippen LogP contribution < -0.4 is 0 Å². The molecule has 0 aliphatic heterocycles. The Labute approximate surface area is 90.9 Å². The fraction of sp³-hybridized carbons (Fsp3) is 0. The summed E-state index contributed by atoms with van der Waals surface area (Å²) in [6, 6.07) is 2.14. The molecule has 0 bridgehead atoms. The average molecular weight is 282 g/mol. The summed E-state index contributed by atoms with van der Waals surface area (Å²) < 4.78 is 13.3. The topological polar surface area (TPSA) is 60.2 Å². The van der Waals surface area contributed by atoms with Gasteiger partial charge in [0.25, 0.3) is 5.24 Å². The van der Waals surface area contributed by atoms with Crippen LogP contribution in [-0.2, 0) is 0 Å². The van der Waals surface area contributed by atoms with Crippen LogP contribution in [0.3, 0.4) is 0 Å². The zero-order valence-corrected chi connectivity index (χ0v) is 8.80. The van der Waals surface area contributed by atoms with Crippen LogP contribution in [0, 0.1) is 15.9 Å². The van der Waals surface area contributed by atoms with Gasteiger partial charge in [0.05, 0.1) is 10.5 Å². The van der Waals surface area contributed by atoms with Crippen molar-refractivity contribution in [3.05, 3.63) is 38.1 Å². The van der Waals surface area contributed by atoms with Crippen molar-refractivity contribution >= 4 is 38.5 Å². The molecule has 74 valence electrons. The monoisotopic (exact) mass is 281 g/mol. The lowest BCUT2D eigenvalue weighted by Crippen LogP contribution is -2.01. The quantitative estimate of drug-likeness (QED) is 0.476. The normalized spacial score (nSPS) is 9.93. The smallest absolute Gasteiger partial charge is 0.275 e. The molecule has 0 saturated heterocycles. The van der Waals surface area contributed by atoms with Crippen molar-refractivity contribution in [2.45, 2.75) is 0 Å². The Morgan fingerprint density at radius 2 is 2.14 bits per heavy atom. The first-order chi connectivity index (χ1) is 6.45. The number of carbonyl (C=O) groups excluding carboxylic acids is 1. The summed E-state index contributed by atoms with van der Waals surface area (Å²) >= 11 is 7.92. The number of hydrogen-bond donors (Lipinski definition) is 0. The highest BCUT2D eigenvalue weighted by Crippen LogP contribution is 2.28. The molecule has 7 heteroatoms. The van der Waals surface area contributed by atoms with Crippen molar-refractivity contribution in [2.24, 2.45) is 0 Å². The lowest BCUT2D eigenvalue weighted by molar-refractivity contribution is -0.387. The Bertz CT molecular complexity index is 424. The zero-order valence-electron chi connectivity index (χ0n) is 6.46. The molecule has 1 aromatic rings. The first-order valence-electron chi connectivity index (χ1n) is 3.27. The fourth-order valence-corrected chi connectivity index (χ4v) is 1.65. The zero-order chi connectivity index (χ0) is 10.9. The van der Waals surface area contributed by atoms with Crippen LogP contribution in [0.5, 0.6) is 0 Å². The van der Waals surface area contributed by atoms with Gasteiger partial charge in [0, 0.05) is 10.5 Å². The molecule has 0 heterocycles. The van der Waals surface area contributed by atoms with E-state index >= 15 is 0 Å². The van der Waals surface area contributed by atoms with E-state index in [1.165, 1.54) is 6.07 Å². The minimum atomic E-state index is -1.23. The van der Waals surface area contributed by atoms with E-state index in [1.54, 1.807) is 0 Å². The van der Waals surface area contributed by atoms with Gasteiger partial charge in [-0.1, -0.05) is 0 Å². The molecular weight excluding hydrogens is 280 g/mol. The van der Waals surface area contributed by atoms with Gasteiger partial charge < -0.3 is 0 Å². The van der Waals surface area contributed by atoms with Gasteiger partial charge in [-0.15, -0.1) is 0 Å². The second kappa shape index (κ2) is 4.02. The lowest BCUT2D eigenvalue weighted by Gasteiger charge is -2.00. The van der Waals surface area contributed by atoms with E-state index < -0.39 is 27.2 Å². The van der Waals surface area contributed by atoms with E-state index in [2.05, 4.69) is 15.9 Å². The standard InChI is InChI=1S/C7H2BrClFNO3/c8-3-1-2-4(11(13)14)6(10)5(3)7(9)12/h1-2H. The molecule has 0 saturated carbocycles. The van der Waals surface area contributed by atoms with Crippen LogP contribution in [0.2, 0.25) is 0 Å². The van der Waals surface area contributed by atoms with Gasteiger partial charge in [-0.2, -0.15) is 4.39 Å². The Balaban J connectivity index is 3.49. The molecule has 0 aromatic heterocycles. The second-order valence-corrected chi connectivity index (χ2v) is 3.48. The van der Waals surface area contributed by atoms with Gasteiger partial charge in [0.2, 0.25) is 5.82 Å². The number of carbonyl (C=O) groups is 1. The van der Waals surface area contributed by atoms with Gasteiger partial charge in [0.1, 0.15) is 0 Å². The molecule has 0 fully saturated rings. The third-order valence-corrected chi connectivity index (χ3v) is 2.31. The summed E-state index contributed by atoms with van der Waals surface area (Å²) in [4.78, 5) is 20.1. The summed E-state index contributed by atoms with van der Waals surface area (Å²) in [5.41, 5.74) is -1.31. The molecular formula is C7H2BrClFNO3. The first kappa shape index (κ1) is 11.1. The van der Waals surface area contributed by atoms with Gasteiger partial charge in [-0.25, -0.2) is 0 Å². The summed E-state index contributed by atoms with van der Waals surface area (Å²) in [6.07, 6.45) is 0. The van der Waals surface area contributed by atoms with Crippen molar-refractivity contribution in [3.63, 3.8) is 0 Å². The predicted molar refractivity (Wildman–Crippen MR) is 50.9 cm³/mol. The highest BCUT2D eigenvalue weighted by Gasteiger charge is 2.23. The van der Waals surface area contributed by atoms with E-state index in [-0.39, 0.29) is 4.47 Å². The van der Waals surface area contributed by atoms with E-state index in [0.717, 1.165) is 6.07 Å². The molecule has 0 N–H and O–H groups in total. The Kier molecular flexibility index (Phi) is 3.17. The van der Waals surface area contributed by atoms with Crippen LogP contribution in [0.25, 0.3) is 0 Å². The van der Waals surface area contributed by atoms with Crippen molar-refractivity contribution in [2.75, 3.05) is 0 Å². The summed E-state index contributed by atoms with van der Waals surface area (Å²) in [5, 5.41) is 9.22. The van der Waals surface area contributed by atoms with Crippen molar-refractivity contribution < 1.29 is 14.1 Å². The number of nitrogens with zero attached hydrogens (tertiary/aromatic N) is 1. The van der Waals surface area contributed by atoms with E-state index in [4.69, 9.17) is 11.6 Å². The van der Waals surface area contributed by atoms with Crippen molar-refractivity contribution in [1.29, 1.82) is 0 Å². The van der Waals surface area contributed by atoms with E-state index in [0.29, 0.717) is 0 Å². The highest BCUT2D eigenvalue weighted by atomic mass is 79.9. The number of nitro benzene ring substituents is 1. The van der Waals surface area contributed by atoms with Gasteiger partial charge in [0.15, 0.2) is 0 Å². The number of halogens is 3. The molecule has 14 heavy (non-hydrogen) atoms. The summed E-state index contributed by atoms with van der Waals surface area (Å²) in [6.45, 7) is 0. The molecule has 0 spiro atoms. The number of rotatable bonds is 2. The Morgan fingerprint density at radius 1 is 1.57 bits per heavy atom. The first-order valence-corrected chi connectivity index (χ1v) is 4.44.